The highest BCUT2D eigenvalue weighted by Crippen LogP contribution is 2.35. The molecule has 0 aliphatic heterocycles. The molecule has 1 aromatic rings. The van der Waals surface area contributed by atoms with Gasteiger partial charge >= 0.3 is 0 Å². The van der Waals surface area contributed by atoms with Crippen molar-refractivity contribution >= 4 is 11.8 Å². The summed E-state index contributed by atoms with van der Waals surface area (Å²) >= 11 is 1.66. The average molecular weight is 269 g/mol. The average Bonchev–Trinajstić information content (AvgIpc) is 2.37. The first-order valence-electron chi connectivity index (χ1n) is 6.16. The molecule has 0 fully saturated rings. The summed E-state index contributed by atoms with van der Waals surface area (Å²) in [5.74, 6) is 1.85. The molecule has 1 aromatic carbocycles. The Kier molecular flexibility index (Phi) is 6.36. The molecule has 0 bridgehead atoms. The molecule has 4 heteroatoms. The Morgan fingerprint density at radius 3 is 2.39 bits per heavy atom. The molecule has 0 radical (unpaired) electrons. The SMILES string of the molecule is COc1cc(SC)c(OC)cc1CCCC(C)N. The van der Waals surface area contributed by atoms with Crippen molar-refractivity contribution in [1.29, 1.82) is 0 Å². The van der Waals surface area contributed by atoms with Crippen LogP contribution in [0.25, 0.3) is 0 Å². The Labute approximate surface area is 114 Å². The maximum atomic E-state index is 5.77. The fraction of sp³-hybridized carbons (Fsp3) is 0.571. The second-order valence-corrected chi connectivity index (χ2v) is 5.24. The van der Waals surface area contributed by atoms with E-state index >= 15 is 0 Å². The van der Waals surface area contributed by atoms with Crippen LogP contribution in [0.4, 0.5) is 0 Å². The highest BCUT2D eigenvalue weighted by molar-refractivity contribution is 7.98. The van der Waals surface area contributed by atoms with E-state index in [1.54, 1.807) is 26.0 Å². The van der Waals surface area contributed by atoms with Gasteiger partial charge in [0.15, 0.2) is 0 Å². The number of nitrogens with two attached hydrogens (primary N) is 1. The van der Waals surface area contributed by atoms with E-state index in [1.807, 2.05) is 19.2 Å². The summed E-state index contributed by atoms with van der Waals surface area (Å²) in [5.41, 5.74) is 6.96. The van der Waals surface area contributed by atoms with Gasteiger partial charge in [-0.1, -0.05) is 0 Å². The minimum Gasteiger partial charge on any atom is -0.496 e. The van der Waals surface area contributed by atoms with Crippen LogP contribution in [0.3, 0.4) is 0 Å². The van der Waals surface area contributed by atoms with E-state index in [1.165, 1.54) is 5.56 Å². The molecule has 0 saturated heterocycles. The van der Waals surface area contributed by atoms with Crippen molar-refractivity contribution in [3.05, 3.63) is 17.7 Å². The first-order valence-corrected chi connectivity index (χ1v) is 7.39. The van der Waals surface area contributed by atoms with E-state index in [0.717, 1.165) is 35.7 Å². The molecule has 18 heavy (non-hydrogen) atoms. The molecule has 102 valence electrons. The maximum Gasteiger partial charge on any atom is 0.132 e. The van der Waals surface area contributed by atoms with Gasteiger partial charge in [0.25, 0.3) is 0 Å². The van der Waals surface area contributed by atoms with Gasteiger partial charge in [0.05, 0.1) is 19.1 Å². The number of hydrogen-bond donors (Lipinski definition) is 1. The Hall–Kier alpha value is -0.870. The van der Waals surface area contributed by atoms with Crippen molar-refractivity contribution < 1.29 is 9.47 Å². The van der Waals surface area contributed by atoms with Crippen LogP contribution in [0.2, 0.25) is 0 Å². The van der Waals surface area contributed by atoms with Gasteiger partial charge in [-0.15, -0.1) is 11.8 Å². The zero-order valence-corrected chi connectivity index (χ0v) is 12.5. The van der Waals surface area contributed by atoms with Crippen molar-refractivity contribution in [1.82, 2.24) is 0 Å². The third kappa shape index (κ3) is 4.10. The second kappa shape index (κ2) is 7.54. The maximum absolute atomic E-state index is 5.77. The van der Waals surface area contributed by atoms with Crippen LogP contribution < -0.4 is 15.2 Å². The van der Waals surface area contributed by atoms with Crippen molar-refractivity contribution in [2.45, 2.75) is 37.1 Å². The molecular formula is C14H23NO2S. The Bertz CT molecular complexity index is 380. The van der Waals surface area contributed by atoms with Gasteiger partial charge in [0, 0.05) is 6.04 Å². The Morgan fingerprint density at radius 2 is 1.89 bits per heavy atom. The molecule has 0 aromatic heterocycles. The third-order valence-corrected chi connectivity index (χ3v) is 3.65. The zero-order chi connectivity index (χ0) is 13.5. The van der Waals surface area contributed by atoms with E-state index in [0.29, 0.717) is 0 Å². The van der Waals surface area contributed by atoms with Gasteiger partial charge in [-0.3, -0.25) is 0 Å². The predicted octanol–water partition coefficient (Wildman–Crippen LogP) is 3.10. The molecule has 1 unspecified atom stereocenters. The summed E-state index contributed by atoms with van der Waals surface area (Å²) in [5, 5.41) is 0. The standard InChI is InChI=1S/C14H23NO2S/c1-10(15)6-5-7-11-8-13(17-3)14(18-4)9-12(11)16-2/h8-10H,5-7,15H2,1-4H3. The lowest BCUT2D eigenvalue weighted by molar-refractivity contribution is 0.389. The molecule has 3 nitrogen and oxygen atoms in total. The molecule has 0 aliphatic rings. The molecule has 0 spiro atoms. The van der Waals surface area contributed by atoms with E-state index < -0.39 is 0 Å². The zero-order valence-electron chi connectivity index (χ0n) is 11.7. The quantitative estimate of drug-likeness (QED) is 0.773. The van der Waals surface area contributed by atoms with Gasteiger partial charge in [-0.2, -0.15) is 0 Å². The summed E-state index contributed by atoms with van der Waals surface area (Å²) in [4.78, 5) is 1.10. The summed E-state index contributed by atoms with van der Waals surface area (Å²) in [6, 6.07) is 4.37. The number of ether oxygens (including phenoxy) is 2. The first kappa shape index (κ1) is 15.2. The lowest BCUT2D eigenvalue weighted by Crippen LogP contribution is -2.14. The fourth-order valence-corrected chi connectivity index (χ4v) is 2.47. The van der Waals surface area contributed by atoms with Crippen LogP contribution in [-0.2, 0) is 6.42 Å². The number of benzene rings is 1. The number of methoxy groups -OCH3 is 2. The second-order valence-electron chi connectivity index (χ2n) is 4.39. The van der Waals surface area contributed by atoms with Crippen LogP contribution in [0.5, 0.6) is 11.5 Å². The van der Waals surface area contributed by atoms with E-state index in [-0.39, 0.29) is 6.04 Å². The monoisotopic (exact) mass is 269 g/mol. The molecule has 2 N–H and O–H groups in total. The van der Waals surface area contributed by atoms with Crippen molar-refractivity contribution in [3.8, 4) is 11.5 Å². The number of aryl methyl sites for hydroxylation is 1. The van der Waals surface area contributed by atoms with Crippen molar-refractivity contribution in [2.24, 2.45) is 5.73 Å². The van der Waals surface area contributed by atoms with Gasteiger partial charge in [-0.05, 0) is 50.1 Å². The van der Waals surface area contributed by atoms with Crippen molar-refractivity contribution in [3.63, 3.8) is 0 Å². The van der Waals surface area contributed by atoms with E-state index in [2.05, 4.69) is 6.07 Å². The number of rotatable bonds is 7. The minimum absolute atomic E-state index is 0.253. The summed E-state index contributed by atoms with van der Waals surface area (Å²) in [6.45, 7) is 2.04. The Balaban J connectivity index is 2.87. The van der Waals surface area contributed by atoms with Crippen LogP contribution in [-0.4, -0.2) is 26.5 Å². The molecule has 1 rings (SSSR count). The summed E-state index contributed by atoms with van der Waals surface area (Å²) in [7, 11) is 3.41. The fourth-order valence-electron chi connectivity index (χ4n) is 1.90. The molecular weight excluding hydrogens is 246 g/mol. The molecule has 1 atom stereocenters. The Morgan fingerprint density at radius 1 is 1.22 bits per heavy atom. The topological polar surface area (TPSA) is 44.5 Å². The van der Waals surface area contributed by atoms with Crippen LogP contribution in [0.15, 0.2) is 17.0 Å². The summed E-state index contributed by atoms with van der Waals surface area (Å²) in [6.07, 6.45) is 5.09. The van der Waals surface area contributed by atoms with Gasteiger partial charge in [0.2, 0.25) is 0 Å². The smallest absolute Gasteiger partial charge is 0.132 e. The highest BCUT2D eigenvalue weighted by atomic mass is 32.2. The normalized spacial score (nSPS) is 12.3. The van der Waals surface area contributed by atoms with Crippen LogP contribution in [0, 0.1) is 0 Å². The lowest BCUT2D eigenvalue weighted by Gasteiger charge is -2.14. The van der Waals surface area contributed by atoms with Crippen LogP contribution in [0.1, 0.15) is 25.3 Å². The third-order valence-electron chi connectivity index (χ3n) is 2.89. The van der Waals surface area contributed by atoms with Gasteiger partial charge in [0.1, 0.15) is 11.5 Å². The minimum atomic E-state index is 0.253. The van der Waals surface area contributed by atoms with Gasteiger partial charge < -0.3 is 15.2 Å². The van der Waals surface area contributed by atoms with Gasteiger partial charge in [-0.25, -0.2) is 0 Å². The molecule has 0 amide bonds. The molecule has 0 heterocycles. The first-order chi connectivity index (χ1) is 8.62. The number of hydrogen-bond acceptors (Lipinski definition) is 4. The summed E-state index contributed by atoms with van der Waals surface area (Å²) < 4.78 is 10.8. The molecule has 0 saturated carbocycles. The van der Waals surface area contributed by atoms with E-state index in [4.69, 9.17) is 15.2 Å². The van der Waals surface area contributed by atoms with Crippen molar-refractivity contribution in [2.75, 3.05) is 20.5 Å². The molecule has 0 aliphatic carbocycles. The predicted molar refractivity (Wildman–Crippen MR) is 77.9 cm³/mol. The van der Waals surface area contributed by atoms with Crippen LogP contribution >= 0.6 is 11.8 Å². The lowest BCUT2D eigenvalue weighted by atomic mass is 10.0. The highest BCUT2D eigenvalue weighted by Gasteiger charge is 2.10. The van der Waals surface area contributed by atoms with E-state index in [9.17, 15) is 0 Å². The largest absolute Gasteiger partial charge is 0.496 e. The number of thioether (sulfide) groups is 1.